The quantitative estimate of drug-likeness (QED) is 0.707. The Hall–Kier alpha value is -0.301. The van der Waals surface area contributed by atoms with Crippen LogP contribution in [0.25, 0.3) is 0 Å². The third-order valence-electron chi connectivity index (χ3n) is 1.09. The Morgan fingerprint density at radius 1 is 1.30 bits per heavy atom. The first-order chi connectivity index (χ1) is 4.70. The number of hydrogen-bond acceptors (Lipinski definition) is 1. The molecule has 52 valence electrons. The van der Waals surface area contributed by atoms with E-state index in [9.17, 15) is 0 Å². The molecule has 0 fully saturated rings. The van der Waals surface area contributed by atoms with E-state index in [2.05, 4.69) is 15.6 Å². The van der Waals surface area contributed by atoms with Crippen molar-refractivity contribution in [2.75, 3.05) is 0 Å². The summed E-state index contributed by atoms with van der Waals surface area (Å²) in [7, 11) is 0. The van der Waals surface area contributed by atoms with Gasteiger partial charge in [-0.3, -0.25) is 0 Å². The second-order valence-electron chi connectivity index (χ2n) is 1.81. The molecule has 0 atom stereocenters. The number of rotatable bonds is 1. The summed E-state index contributed by atoms with van der Waals surface area (Å²) < 4.78 is 0.191. The van der Waals surface area contributed by atoms with Crippen LogP contribution in [0.4, 0.5) is 0 Å². The SMILES string of the molecule is OC(=[Se])c1ccc(Cl)cc1. The molecule has 1 rings (SSSR count). The Bertz CT molecular complexity index is 242. The maximum absolute atomic E-state index is 8.93. The Kier molecular flexibility index (Phi) is 2.50. The van der Waals surface area contributed by atoms with Crippen molar-refractivity contribution in [2.24, 2.45) is 0 Å². The van der Waals surface area contributed by atoms with Crippen molar-refractivity contribution in [3.8, 4) is 0 Å². The first kappa shape index (κ1) is 7.80. The normalized spacial score (nSPS) is 9.30. The molecule has 0 amide bonds. The molecule has 0 unspecified atom stereocenters. The number of aliphatic hydroxyl groups is 1. The molecule has 0 aliphatic heterocycles. The summed E-state index contributed by atoms with van der Waals surface area (Å²) >= 11 is 8.12. The summed E-state index contributed by atoms with van der Waals surface area (Å²) in [6.45, 7) is 0. The molecule has 0 saturated heterocycles. The van der Waals surface area contributed by atoms with Gasteiger partial charge in [-0.15, -0.1) is 0 Å². The number of hydrogen-bond donors (Lipinski definition) is 1. The van der Waals surface area contributed by atoms with Gasteiger partial charge in [0.15, 0.2) is 0 Å². The van der Waals surface area contributed by atoms with E-state index < -0.39 is 0 Å². The minimum atomic E-state index is 0.191. The van der Waals surface area contributed by atoms with Crippen LogP contribution < -0.4 is 0 Å². The summed E-state index contributed by atoms with van der Waals surface area (Å²) in [5, 5.41) is 9.60. The zero-order valence-corrected chi connectivity index (χ0v) is 7.51. The van der Waals surface area contributed by atoms with E-state index >= 15 is 0 Å². The van der Waals surface area contributed by atoms with Crippen LogP contribution in [0.2, 0.25) is 5.02 Å². The van der Waals surface area contributed by atoms with Gasteiger partial charge in [-0.1, -0.05) is 0 Å². The predicted octanol–water partition coefficient (Wildman–Crippen LogP) is 1.36. The number of halogens is 1. The molecular formula is C7H5ClOSe. The van der Waals surface area contributed by atoms with Gasteiger partial charge in [0.2, 0.25) is 0 Å². The first-order valence-corrected chi connectivity index (χ1v) is 3.92. The van der Waals surface area contributed by atoms with E-state index in [0.29, 0.717) is 5.02 Å². The number of benzene rings is 1. The Morgan fingerprint density at radius 3 is 2.20 bits per heavy atom. The van der Waals surface area contributed by atoms with Crippen LogP contribution in [0.3, 0.4) is 0 Å². The topological polar surface area (TPSA) is 20.2 Å². The Labute approximate surface area is 72.0 Å². The van der Waals surface area contributed by atoms with Gasteiger partial charge in [0.25, 0.3) is 0 Å². The van der Waals surface area contributed by atoms with Gasteiger partial charge < -0.3 is 0 Å². The van der Waals surface area contributed by atoms with E-state index in [1.165, 1.54) is 0 Å². The predicted molar refractivity (Wildman–Crippen MR) is 43.3 cm³/mol. The first-order valence-electron chi connectivity index (χ1n) is 2.69. The van der Waals surface area contributed by atoms with Crippen molar-refractivity contribution in [3.05, 3.63) is 34.9 Å². The minimum absolute atomic E-state index is 0.191. The molecule has 1 aromatic rings. The van der Waals surface area contributed by atoms with Crippen molar-refractivity contribution in [2.45, 2.75) is 0 Å². The second kappa shape index (κ2) is 3.20. The fraction of sp³-hybridized carbons (Fsp3) is 0. The summed E-state index contributed by atoms with van der Waals surface area (Å²) in [6, 6.07) is 6.94. The van der Waals surface area contributed by atoms with Crippen LogP contribution in [-0.2, 0) is 0 Å². The van der Waals surface area contributed by atoms with Gasteiger partial charge in [0, 0.05) is 0 Å². The van der Waals surface area contributed by atoms with Crippen LogP contribution in [0, 0.1) is 0 Å². The molecule has 1 nitrogen and oxygen atoms in total. The Balaban J connectivity index is 3.00. The van der Waals surface area contributed by atoms with E-state index in [-0.39, 0.29) is 4.60 Å². The van der Waals surface area contributed by atoms with Gasteiger partial charge >= 0.3 is 71.7 Å². The Morgan fingerprint density at radius 2 is 1.80 bits per heavy atom. The molecule has 0 bridgehead atoms. The van der Waals surface area contributed by atoms with E-state index in [1.54, 1.807) is 24.3 Å². The molecule has 0 saturated carbocycles. The standard InChI is InChI=1S/C7H5ClOSe/c8-6-3-1-5(2-4-6)7(9)10/h1-4H,(H,9,10). The van der Waals surface area contributed by atoms with E-state index in [4.69, 9.17) is 16.7 Å². The molecule has 1 aromatic carbocycles. The molecular weight excluding hydrogens is 214 g/mol. The molecule has 0 aliphatic rings. The van der Waals surface area contributed by atoms with Gasteiger partial charge in [0.1, 0.15) is 0 Å². The summed E-state index contributed by atoms with van der Waals surface area (Å²) in [5.74, 6) is 0. The molecule has 3 heteroatoms. The van der Waals surface area contributed by atoms with Crippen molar-refractivity contribution in [1.82, 2.24) is 0 Å². The molecule has 1 N–H and O–H groups in total. The fourth-order valence-corrected chi connectivity index (χ4v) is 1.00. The van der Waals surface area contributed by atoms with Crippen LogP contribution in [0.15, 0.2) is 24.3 Å². The van der Waals surface area contributed by atoms with Crippen molar-refractivity contribution in [1.29, 1.82) is 0 Å². The third-order valence-corrected chi connectivity index (χ3v) is 1.84. The molecule has 0 radical (unpaired) electrons. The monoisotopic (exact) mass is 220 g/mol. The second-order valence-corrected chi connectivity index (χ2v) is 3.06. The van der Waals surface area contributed by atoms with E-state index in [0.717, 1.165) is 5.56 Å². The fourth-order valence-electron chi connectivity index (χ4n) is 0.592. The van der Waals surface area contributed by atoms with Gasteiger partial charge in [-0.05, 0) is 0 Å². The molecule has 0 aliphatic carbocycles. The summed E-state index contributed by atoms with van der Waals surface area (Å²) in [5.41, 5.74) is 0.754. The summed E-state index contributed by atoms with van der Waals surface area (Å²) in [6.07, 6.45) is 0. The average molecular weight is 220 g/mol. The molecule has 0 aromatic heterocycles. The van der Waals surface area contributed by atoms with Crippen molar-refractivity contribution >= 4 is 31.8 Å². The zero-order chi connectivity index (χ0) is 7.56. The van der Waals surface area contributed by atoms with Gasteiger partial charge in [-0.25, -0.2) is 0 Å². The van der Waals surface area contributed by atoms with Gasteiger partial charge in [-0.2, -0.15) is 0 Å². The molecule has 0 spiro atoms. The number of aliphatic hydroxyl groups excluding tert-OH is 1. The van der Waals surface area contributed by atoms with Crippen molar-refractivity contribution < 1.29 is 5.11 Å². The van der Waals surface area contributed by atoms with E-state index in [1.807, 2.05) is 0 Å². The van der Waals surface area contributed by atoms with Crippen LogP contribution >= 0.6 is 11.6 Å². The zero-order valence-electron chi connectivity index (χ0n) is 5.04. The van der Waals surface area contributed by atoms with Crippen LogP contribution in [0.1, 0.15) is 5.56 Å². The molecule has 0 heterocycles. The van der Waals surface area contributed by atoms with Gasteiger partial charge in [0.05, 0.1) is 0 Å². The van der Waals surface area contributed by atoms with Crippen LogP contribution in [-0.4, -0.2) is 25.3 Å². The average Bonchev–Trinajstić information content (AvgIpc) is 1.88. The van der Waals surface area contributed by atoms with Crippen molar-refractivity contribution in [3.63, 3.8) is 0 Å². The third kappa shape index (κ3) is 1.84. The van der Waals surface area contributed by atoms with Crippen LogP contribution in [0.5, 0.6) is 0 Å². The maximum atomic E-state index is 8.93. The molecule has 10 heavy (non-hydrogen) atoms. The summed E-state index contributed by atoms with van der Waals surface area (Å²) in [4.78, 5) is 0.